The Morgan fingerprint density at radius 2 is 2.24 bits per heavy atom. The third-order valence-electron chi connectivity index (χ3n) is 2.44. The van der Waals surface area contributed by atoms with Gasteiger partial charge >= 0.3 is 5.97 Å². The van der Waals surface area contributed by atoms with Crippen molar-refractivity contribution >= 4 is 21.9 Å². The molecule has 6 heteroatoms. The Balaban J connectivity index is 2.89. The lowest BCUT2D eigenvalue weighted by Crippen LogP contribution is -2.48. The second-order valence-electron chi connectivity index (χ2n) is 3.64. The lowest BCUT2D eigenvalue weighted by Gasteiger charge is -2.25. The van der Waals surface area contributed by atoms with Crippen LogP contribution < -0.4 is 5.32 Å². The van der Waals surface area contributed by atoms with Crippen LogP contribution in [0.2, 0.25) is 0 Å². The molecule has 0 aromatic carbocycles. The molecule has 0 aliphatic rings. The lowest BCUT2D eigenvalue weighted by atomic mass is 9.99. The average Bonchev–Trinajstić information content (AvgIpc) is 2.75. The molecule has 0 aliphatic carbocycles. The van der Waals surface area contributed by atoms with E-state index in [1.165, 1.54) is 7.11 Å². The van der Waals surface area contributed by atoms with Crippen LogP contribution >= 0.6 is 15.9 Å². The molecule has 0 saturated heterocycles. The van der Waals surface area contributed by atoms with Gasteiger partial charge in [-0.05, 0) is 35.0 Å². The molecule has 5 nitrogen and oxygen atoms in total. The van der Waals surface area contributed by atoms with E-state index >= 15 is 0 Å². The molecule has 1 rings (SSSR count). The first-order valence-electron chi connectivity index (χ1n) is 5.12. The Morgan fingerprint density at radius 3 is 2.71 bits per heavy atom. The topological polar surface area (TPSA) is 60.7 Å². The minimum atomic E-state index is -1.01. The largest absolute Gasteiger partial charge is 0.467 e. The highest BCUT2D eigenvalue weighted by Crippen LogP contribution is 2.26. The third-order valence-corrected chi connectivity index (χ3v) is 2.87. The lowest BCUT2D eigenvalue weighted by molar-refractivity contribution is -0.149. The molecule has 1 atom stereocenters. The maximum absolute atomic E-state index is 11.8. The van der Waals surface area contributed by atoms with Crippen molar-refractivity contribution in [1.82, 2.24) is 5.32 Å². The molecular weight excluding hydrogens is 290 g/mol. The van der Waals surface area contributed by atoms with Crippen molar-refractivity contribution in [2.45, 2.75) is 12.5 Å². The number of esters is 1. The molecule has 1 unspecified atom stereocenters. The highest BCUT2D eigenvalue weighted by atomic mass is 79.9. The fourth-order valence-corrected chi connectivity index (χ4v) is 1.76. The second kappa shape index (κ2) is 6.18. The van der Waals surface area contributed by atoms with Gasteiger partial charge in [0.2, 0.25) is 0 Å². The molecule has 96 valence electrons. The quantitative estimate of drug-likeness (QED) is 0.640. The van der Waals surface area contributed by atoms with Gasteiger partial charge in [0.05, 0.1) is 13.7 Å². The van der Waals surface area contributed by atoms with Gasteiger partial charge < -0.3 is 13.9 Å². The van der Waals surface area contributed by atoms with E-state index in [4.69, 9.17) is 13.9 Å². The molecule has 17 heavy (non-hydrogen) atoms. The maximum Gasteiger partial charge on any atom is 0.333 e. The summed E-state index contributed by atoms with van der Waals surface area (Å²) in [5, 5.41) is 3.06. The predicted molar refractivity (Wildman–Crippen MR) is 65.7 cm³/mol. The Labute approximate surface area is 109 Å². The van der Waals surface area contributed by atoms with E-state index in [9.17, 15) is 4.79 Å². The monoisotopic (exact) mass is 305 g/mol. The minimum absolute atomic E-state index is 0.407. The smallest absolute Gasteiger partial charge is 0.333 e. The minimum Gasteiger partial charge on any atom is -0.467 e. The van der Waals surface area contributed by atoms with Crippen molar-refractivity contribution in [3.05, 3.63) is 22.6 Å². The molecule has 0 aliphatic heterocycles. The molecular formula is C11H16BrNO4. The van der Waals surface area contributed by atoms with Crippen molar-refractivity contribution in [3.63, 3.8) is 0 Å². The summed E-state index contributed by atoms with van der Waals surface area (Å²) < 4.78 is 15.7. The maximum atomic E-state index is 11.8. The average molecular weight is 306 g/mol. The number of carbonyl (C=O) groups is 1. The zero-order valence-corrected chi connectivity index (χ0v) is 11.7. The third kappa shape index (κ3) is 3.31. The number of nitrogens with one attached hydrogen (secondary N) is 1. The van der Waals surface area contributed by atoms with Crippen LogP contribution in [0, 0.1) is 0 Å². The Kier molecular flexibility index (Phi) is 5.17. The van der Waals surface area contributed by atoms with Gasteiger partial charge in [-0.2, -0.15) is 0 Å². The van der Waals surface area contributed by atoms with E-state index in [1.54, 1.807) is 26.2 Å². The van der Waals surface area contributed by atoms with Gasteiger partial charge in [-0.3, -0.25) is 5.32 Å². The SMILES string of the molecule is COCCNC(C)(C(=O)OC)c1ccc(Br)o1. The molecule has 0 bridgehead atoms. The van der Waals surface area contributed by atoms with Crippen molar-refractivity contribution in [3.8, 4) is 0 Å². The molecule has 1 aromatic heterocycles. The standard InChI is InChI=1S/C11H16BrNO4/c1-11(10(14)16-3,13-6-7-15-2)8-4-5-9(12)17-8/h4-5,13H,6-7H2,1-3H3. The van der Waals surface area contributed by atoms with E-state index in [0.29, 0.717) is 23.6 Å². The predicted octanol–water partition coefficient (Wildman–Crippen LogP) is 1.67. The number of methoxy groups -OCH3 is 2. The van der Waals surface area contributed by atoms with Gasteiger partial charge in [-0.1, -0.05) is 0 Å². The molecule has 0 radical (unpaired) electrons. The van der Waals surface area contributed by atoms with Crippen LogP contribution in [0.25, 0.3) is 0 Å². The molecule has 0 fully saturated rings. The fourth-order valence-electron chi connectivity index (χ4n) is 1.45. The van der Waals surface area contributed by atoms with Crippen LogP contribution in [0.15, 0.2) is 21.2 Å². The Morgan fingerprint density at radius 1 is 1.53 bits per heavy atom. The Hall–Kier alpha value is -0.850. The van der Waals surface area contributed by atoms with Crippen molar-refractivity contribution in [1.29, 1.82) is 0 Å². The number of carbonyl (C=O) groups excluding carboxylic acids is 1. The van der Waals surface area contributed by atoms with Crippen molar-refractivity contribution < 1.29 is 18.7 Å². The van der Waals surface area contributed by atoms with E-state index in [1.807, 2.05) is 0 Å². The highest BCUT2D eigenvalue weighted by molar-refractivity contribution is 9.10. The van der Waals surface area contributed by atoms with Crippen LogP contribution in [0.5, 0.6) is 0 Å². The molecule has 0 saturated carbocycles. The van der Waals surface area contributed by atoms with E-state index < -0.39 is 11.5 Å². The van der Waals surface area contributed by atoms with E-state index in [2.05, 4.69) is 21.2 Å². The first-order valence-corrected chi connectivity index (χ1v) is 5.92. The summed E-state index contributed by atoms with van der Waals surface area (Å²) in [5.74, 6) is 0.0859. The molecule has 1 aromatic rings. The molecule has 1 heterocycles. The van der Waals surface area contributed by atoms with Crippen molar-refractivity contribution in [2.75, 3.05) is 27.4 Å². The van der Waals surface area contributed by atoms with Crippen LogP contribution in [0.1, 0.15) is 12.7 Å². The zero-order chi connectivity index (χ0) is 12.9. The highest BCUT2D eigenvalue weighted by Gasteiger charge is 2.39. The van der Waals surface area contributed by atoms with Crippen LogP contribution in [-0.2, 0) is 19.8 Å². The van der Waals surface area contributed by atoms with Gasteiger partial charge in [0.25, 0.3) is 0 Å². The summed E-state index contributed by atoms with van der Waals surface area (Å²) in [6, 6.07) is 3.45. The van der Waals surface area contributed by atoms with Gasteiger partial charge in [-0.15, -0.1) is 0 Å². The summed E-state index contributed by atoms with van der Waals surface area (Å²) in [6.07, 6.45) is 0. The number of halogens is 1. The first kappa shape index (κ1) is 14.2. The number of hydrogen-bond acceptors (Lipinski definition) is 5. The number of hydrogen-bond donors (Lipinski definition) is 1. The number of furan rings is 1. The second-order valence-corrected chi connectivity index (χ2v) is 4.42. The summed E-state index contributed by atoms with van der Waals surface area (Å²) in [5.41, 5.74) is -1.01. The molecule has 0 amide bonds. The van der Waals surface area contributed by atoms with Crippen LogP contribution in [0.3, 0.4) is 0 Å². The summed E-state index contributed by atoms with van der Waals surface area (Å²) >= 11 is 3.21. The van der Waals surface area contributed by atoms with Gasteiger partial charge in [0, 0.05) is 13.7 Å². The molecule has 1 N–H and O–H groups in total. The molecule has 0 spiro atoms. The first-order chi connectivity index (χ1) is 8.04. The summed E-state index contributed by atoms with van der Waals surface area (Å²) in [4.78, 5) is 11.8. The summed E-state index contributed by atoms with van der Waals surface area (Å²) in [7, 11) is 2.94. The van der Waals surface area contributed by atoms with Crippen LogP contribution in [-0.4, -0.2) is 33.3 Å². The van der Waals surface area contributed by atoms with Gasteiger partial charge in [-0.25, -0.2) is 4.79 Å². The normalized spacial score (nSPS) is 14.4. The number of rotatable bonds is 6. The van der Waals surface area contributed by atoms with Crippen molar-refractivity contribution in [2.24, 2.45) is 0 Å². The number of ether oxygens (including phenoxy) is 2. The fraction of sp³-hybridized carbons (Fsp3) is 0.545. The summed E-state index contributed by atoms with van der Waals surface area (Å²) in [6.45, 7) is 2.72. The Bertz CT molecular complexity index is 379. The van der Waals surface area contributed by atoms with Crippen LogP contribution in [0.4, 0.5) is 0 Å². The van der Waals surface area contributed by atoms with E-state index in [0.717, 1.165) is 0 Å². The van der Waals surface area contributed by atoms with Gasteiger partial charge in [0.15, 0.2) is 10.2 Å². The zero-order valence-electron chi connectivity index (χ0n) is 10.1. The van der Waals surface area contributed by atoms with E-state index in [-0.39, 0.29) is 0 Å². The van der Waals surface area contributed by atoms with Gasteiger partial charge in [0.1, 0.15) is 5.76 Å².